The van der Waals surface area contributed by atoms with Crippen LogP contribution in [-0.4, -0.2) is 49.0 Å². The molecule has 3 N–H and O–H groups in total. The summed E-state index contributed by atoms with van der Waals surface area (Å²) >= 11 is 2.03. The fraction of sp³-hybridized carbons (Fsp3) is 0.867. The zero-order valence-corrected chi connectivity index (χ0v) is 16.5. The topological polar surface area (TPSA) is 65.5 Å². The number of halogens is 1. The molecule has 7 heteroatoms. The van der Waals surface area contributed by atoms with Crippen LogP contribution in [0.3, 0.4) is 0 Å². The van der Waals surface area contributed by atoms with Gasteiger partial charge in [-0.2, -0.15) is 11.8 Å². The first-order valence-corrected chi connectivity index (χ1v) is 9.18. The Kier molecular flexibility index (Phi) is 10.3. The van der Waals surface area contributed by atoms with Crippen LogP contribution in [-0.2, 0) is 4.79 Å². The molecule has 0 spiro atoms. The summed E-state index contributed by atoms with van der Waals surface area (Å²) in [5.74, 6) is 2.23. The van der Waals surface area contributed by atoms with Crippen LogP contribution < -0.4 is 16.0 Å². The molecule has 1 atom stereocenters. The molecule has 0 radical (unpaired) electrons. The number of nitrogens with zero attached hydrogens (tertiary/aromatic N) is 1. The molecule has 0 aromatic rings. The average molecular weight is 440 g/mol. The predicted octanol–water partition coefficient (Wildman–Crippen LogP) is 2.11. The van der Waals surface area contributed by atoms with E-state index >= 15 is 0 Å². The lowest BCUT2D eigenvalue weighted by Crippen LogP contribution is -2.42. The van der Waals surface area contributed by atoms with Crippen molar-refractivity contribution in [3.63, 3.8) is 0 Å². The summed E-state index contributed by atoms with van der Waals surface area (Å²) in [5, 5.41) is 10.4. The lowest BCUT2D eigenvalue weighted by Gasteiger charge is -2.15. The maximum Gasteiger partial charge on any atom is 0.221 e. The van der Waals surface area contributed by atoms with Crippen LogP contribution in [0.1, 0.15) is 44.9 Å². The van der Waals surface area contributed by atoms with Crippen molar-refractivity contribution in [2.45, 2.75) is 56.2 Å². The molecule has 1 saturated heterocycles. The number of amides is 1. The van der Waals surface area contributed by atoms with Gasteiger partial charge in [-0.3, -0.25) is 9.79 Å². The second-order valence-electron chi connectivity index (χ2n) is 5.81. The van der Waals surface area contributed by atoms with Crippen molar-refractivity contribution in [3.8, 4) is 0 Å². The van der Waals surface area contributed by atoms with E-state index in [1.54, 1.807) is 7.05 Å². The van der Waals surface area contributed by atoms with E-state index in [4.69, 9.17) is 0 Å². The highest BCUT2D eigenvalue weighted by atomic mass is 127. The molecule has 1 aliphatic heterocycles. The SMILES string of the molecule is CN=C(NCCC(=O)NC1CCCC1)NCC1CCCS1.I. The molecule has 1 aliphatic carbocycles. The summed E-state index contributed by atoms with van der Waals surface area (Å²) in [4.78, 5) is 16.0. The molecule has 5 nitrogen and oxygen atoms in total. The molecule has 22 heavy (non-hydrogen) atoms. The Labute approximate surface area is 155 Å². The van der Waals surface area contributed by atoms with Crippen molar-refractivity contribution in [3.05, 3.63) is 0 Å². The van der Waals surface area contributed by atoms with Gasteiger partial charge in [0.15, 0.2) is 5.96 Å². The number of rotatable bonds is 6. The third-order valence-corrected chi connectivity index (χ3v) is 5.51. The van der Waals surface area contributed by atoms with E-state index < -0.39 is 0 Å². The van der Waals surface area contributed by atoms with E-state index in [1.165, 1.54) is 31.4 Å². The van der Waals surface area contributed by atoms with Gasteiger partial charge < -0.3 is 16.0 Å². The van der Waals surface area contributed by atoms with Crippen molar-refractivity contribution in [1.82, 2.24) is 16.0 Å². The normalized spacial score (nSPS) is 22.2. The van der Waals surface area contributed by atoms with Gasteiger partial charge in [0.1, 0.15) is 0 Å². The quantitative estimate of drug-likeness (QED) is 0.336. The van der Waals surface area contributed by atoms with E-state index in [0.29, 0.717) is 24.3 Å². The number of guanidine groups is 1. The van der Waals surface area contributed by atoms with Crippen LogP contribution in [0.25, 0.3) is 0 Å². The van der Waals surface area contributed by atoms with E-state index in [2.05, 4.69) is 20.9 Å². The largest absolute Gasteiger partial charge is 0.356 e. The Morgan fingerprint density at radius 2 is 1.95 bits per heavy atom. The monoisotopic (exact) mass is 440 g/mol. The van der Waals surface area contributed by atoms with Crippen molar-refractivity contribution < 1.29 is 4.79 Å². The van der Waals surface area contributed by atoms with Gasteiger partial charge in [-0.25, -0.2) is 0 Å². The van der Waals surface area contributed by atoms with Gasteiger partial charge in [-0.05, 0) is 31.4 Å². The molecule has 1 unspecified atom stereocenters. The summed E-state index contributed by atoms with van der Waals surface area (Å²) in [6, 6.07) is 0.411. The number of hydrogen-bond donors (Lipinski definition) is 3. The molecule has 128 valence electrons. The molecule has 1 amide bonds. The average Bonchev–Trinajstić information content (AvgIpc) is 3.15. The predicted molar refractivity (Wildman–Crippen MR) is 105 cm³/mol. The van der Waals surface area contributed by atoms with Crippen LogP contribution >= 0.6 is 35.7 Å². The van der Waals surface area contributed by atoms with E-state index in [-0.39, 0.29) is 29.9 Å². The van der Waals surface area contributed by atoms with Gasteiger partial charge in [0.25, 0.3) is 0 Å². The number of carbonyl (C=O) groups excluding carboxylic acids is 1. The summed E-state index contributed by atoms with van der Waals surface area (Å²) in [6.07, 6.45) is 7.90. The third kappa shape index (κ3) is 7.39. The molecule has 2 rings (SSSR count). The fourth-order valence-electron chi connectivity index (χ4n) is 2.90. The summed E-state index contributed by atoms with van der Waals surface area (Å²) in [7, 11) is 1.77. The van der Waals surface area contributed by atoms with Gasteiger partial charge in [-0.1, -0.05) is 12.8 Å². The van der Waals surface area contributed by atoms with Gasteiger partial charge in [0.2, 0.25) is 5.91 Å². The van der Waals surface area contributed by atoms with E-state index in [9.17, 15) is 4.79 Å². The molecule has 1 heterocycles. The molecule has 0 aromatic carbocycles. The first kappa shape index (κ1) is 19.9. The Morgan fingerprint density at radius 1 is 1.18 bits per heavy atom. The number of thioether (sulfide) groups is 1. The minimum absolute atomic E-state index is 0. The first-order chi connectivity index (χ1) is 10.3. The Hall–Kier alpha value is -0.180. The summed E-state index contributed by atoms with van der Waals surface area (Å²) in [5.41, 5.74) is 0. The van der Waals surface area contributed by atoms with Crippen molar-refractivity contribution in [2.24, 2.45) is 4.99 Å². The van der Waals surface area contributed by atoms with Gasteiger partial charge in [0, 0.05) is 37.8 Å². The third-order valence-electron chi connectivity index (χ3n) is 4.11. The fourth-order valence-corrected chi connectivity index (χ4v) is 4.10. The Bertz CT molecular complexity index is 355. The van der Waals surface area contributed by atoms with E-state index in [1.807, 2.05) is 11.8 Å². The van der Waals surface area contributed by atoms with Crippen molar-refractivity contribution in [2.75, 3.05) is 25.9 Å². The van der Waals surface area contributed by atoms with Crippen LogP contribution in [0.5, 0.6) is 0 Å². The van der Waals surface area contributed by atoms with Crippen LogP contribution in [0.4, 0.5) is 0 Å². The highest BCUT2D eigenvalue weighted by molar-refractivity contribution is 14.0. The summed E-state index contributed by atoms with van der Waals surface area (Å²) in [6.45, 7) is 1.59. The number of aliphatic imine (C=N–C) groups is 1. The highest BCUT2D eigenvalue weighted by Crippen LogP contribution is 2.25. The Balaban J connectivity index is 0.00000242. The van der Waals surface area contributed by atoms with Crippen LogP contribution in [0, 0.1) is 0 Å². The van der Waals surface area contributed by atoms with Crippen molar-refractivity contribution in [1.29, 1.82) is 0 Å². The smallest absolute Gasteiger partial charge is 0.221 e. The second kappa shape index (κ2) is 11.4. The summed E-state index contributed by atoms with van der Waals surface area (Å²) < 4.78 is 0. The number of nitrogens with one attached hydrogen (secondary N) is 3. The molecule has 2 aliphatic rings. The van der Waals surface area contributed by atoms with Gasteiger partial charge in [-0.15, -0.1) is 24.0 Å². The van der Waals surface area contributed by atoms with Crippen molar-refractivity contribution >= 4 is 47.6 Å². The molecule has 2 fully saturated rings. The standard InChI is InChI=1S/C15H28N4OS.HI/c1-16-15(18-11-13-7-4-10-21-13)17-9-8-14(20)19-12-5-2-3-6-12;/h12-13H,2-11H2,1H3,(H,19,20)(H2,16,17,18);1H. The van der Waals surface area contributed by atoms with Crippen LogP contribution in [0.15, 0.2) is 4.99 Å². The zero-order valence-electron chi connectivity index (χ0n) is 13.4. The molecule has 0 bridgehead atoms. The molecule has 0 aromatic heterocycles. The maximum atomic E-state index is 11.8. The maximum absolute atomic E-state index is 11.8. The second-order valence-corrected chi connectivity index (χ2v) is 7.22. The number of hydrogen-bond acceptors (Lipinski definition) is 3. The molecular weight excluding hydrogens is 411 g/mol. The Morgan fingerprint density at radius 3 is 2.59 bits per heavy atom. The minimum atomic E-state index is 0. The zero-order chi connectivity index (χ0) is 14.9. The lowest BCUT2D eigenvalue weighted by molar-refractivity contribution is -0.121. The van der Waals surface area contributed by atoms with Gasteiger partial charge in [0.05, 0.1) is 0 Å². The van der Waals surface area contributed by atoms with Crippen LogP contribution in [0.2, 0.25) is 0 Å². The minimum Gasteiger partial charge on any atom is -0.356 e. The number of carbonyl (C=O) groups is 1. The van der Waals surface area contributed by atoms with E-state index in [0.717, 1.165) is 25.3 Å². The van der Waals surface area contributed by atoms with Gasteiger partial charge >= 0.3 is 0 Å². The highest BCUT2D eigenvalue weighted by Gasteiger charge is 2.17. The lowest BCUT2D eigenvalue weighted by atomic mass is 10.2. The molecular formula is C15H29IN4OS. The first-order valence-electron chi connectivity index (χ1n) is 8.13. The molecule has 1 saturated carbocycles.